The SMILES string of the molecule is Nc1ccc2c(c1)COCCCCCCCN(C[C@@H](O)[C@H](Cc1ccccc1)NC(=O)O[C@H]1CO[C@H]3OCC[C@H]31)S2(=O)=O. The van der Waals surface area contributed by atoms with Crippen LogP contribution in [0.3, 0.4) is 0 Å². The van der Waals surface area contributed by atoms with Gasteiger partial charge in [0.25, 0.3) is 0 Å². The summed E-state index contributed by atoms with van der Waals surface area (Å²) >= 11 is 0. The number of hydrogen-bond acceptors (Lipinski definition) is 9. The zero-order chi connectivity index (χ0) is 30.2. The van der Waals surface area contributed by atoms with Crippen LogP contribution >= 0.6 is 0 Å². The van der Waals surface area contributed by atoms with Gasteiger partial charge in [-0.25, -0.2) is 13.2 Å². The van der Waals surface area contributed by atoms with E-state index in [1.165, 1.54) is 10.4 Å². The van der Waals surface area contributed by atoms with E-state index in [-0.39, 0.29) is 49.8 Å². The molecular formula is C31H43N3O8S. The number of benzene rings is 2. The number of sulfonamides is 1. The monoisotopic (exact) mass is 617 g/mol. The lowest BCUT2D eigenvalue weighted by Gasteiger charge is -2.30. The number of β-amino-alcohol motifs (C(OH)–C–C–N with tert-alkyl or cyclic N) is 1. The highest BCUT2D eigenvalue weighted by Gasteiger charge is 2.44. The fourth-order valence-corrected chi connectivity index (χ4v) is 7.66. The molecule has 2 aromatic rings. The molecule has 0 radical (unpaired) electrons. The van der Waals surface area contributed by atoms with Crippen molar-refractivity contribution in [3.63, 3.8) is 0 Å². The highest BCUT2D eigenvalue weighted by atomic mass is 32.2. The summed E-state index contributed by atoms with van der Waals surface area (Å²) in [7, 11) is -4.03. The first kappa shape index (κ1) is 31.7. The Morgan fingerprint density at radius 3 is 2.70 bits per heavy atom. The van der Waals surface area contributed by atoms with Gasteiger partial charge in [0, 0.05) is 25.4 Å². The summed E-state index contributed by atoms with van der Waals surface area (Å²) in [6, 6.07) is 13.3. The molecule has 1 amide bonds. The van der Waals surface area contributed by atoms with Crippen LogP contribution in [0.15, 0.2) is 53.4 Å². The Balaban J connectivity index is 1.36. The maximum Gasteiger partial charge on any atom is 0.407 e. The Bertz CT molecular complexity index is 1310. The molecule has 0 bridgehead atoms. The molecule has 0 saturated carbocycles. The van der Waals surface area contributed by atoms with Gasteiger partial charge in [-0.1, -0.05) is 49.6 Å². The number of fused-ring (bicyclic) bond motifs is 2. The molecule has 0 aliphatic carbocycles. The highest BCUT2D eigenvalue weighted by Crippen LogP contribution is 2.33. The van der Waals surface area contributed by atoms with Crippen LogP contribution in [0.1, 0.15) is 49.7 Å². The van der Waals surface area contributed by atoms with Gasteiger partial charge in [-0.2, -0.15) is 4.31 Å². The lowest BCUT2D eigenvalue weighted by Crippen LogP contribution is -2.51. The first-order valence-corrected chi connectivity index (χ1v) is 16.6. The van der Waals surface area contributed by atoms with E-state index in [1.807, 2.05) is 30.3 Å². The van der Waals surface area contributed by atoms with Gasteiger partial charge in [0.15, 0.2) is 6.29 Å². The number of hydrogen-bond donors (Lipinski definition) is 3. The molecule has 3 heterocycles. The minimum atomic E-state index is -4.03. The minimum Gasteiger partial charge on any atom is -0.443 e. The second-order valence-electron chi connectivity index (χ2n) is 11.5. The van der Waals surface area contributed by atoms with Gasteiger partial charge in [0.05, 0.1) is 42.8 Å². The number of nitrogen functional groups attached to an aromatic ring is 1. The number of aliphatic hydroxyl groups is 1. The van der Waals surface area contributed by atoms with Gasteiger partial charge in [0.2, 0.25) is 10.0 Å². The lowest BCUT2D eigenvalue weighted by molar-refractivity contribution is -0.0907. The number of aliphatic hydroxyl groups excluding tert-OH is 1. The molecule has 43 heavy (non-hydrogen) atoms. The number of amides is 1. The van der Waals surface area contributed by atoms with E-state index in [2.05, 4.69) is 5.32 Å². The van der Waals surface area contributed by atoms with Gasteiger partial charge in [-0.3, -0.25) is 0 Å². The molecule has 4 N–H and O–H groups in total. The fraction of sp³-hybridized carbons (Fsp3) is 0.581. The van der Waals surface area contributed by atoms with E-state index in [4.69, 9.17) is 24.7 Å². The quantitative estimate of drug-likeness (QED) is 0.398. The predicted octanol–water partition coefficient (Wildman–Crippen LogP) is 3.20. The summed E-state index contributed by atoms with van der Waals surface area (Å²) in [6.45, 7) is 1.48. The number of ether oxygens (including phenoxy) is 4. The average molecular weight is 618 g/mol. The smallest absolute Gasteiger partial charge is 0.407 e. The van der Waals surface area contributed by atoms with Gasteiger partial charge in [-0.15, -0.1) is 0 Å². The van der Waals surface area contributed by atoms with Crippen LogP contribution < -0.4 is 11.1 Å². The number of carbonyl (C=O) groups is 1. The van der Waals surface area contributed by atoms with Crippen molar-refractivity contribution in [1.29, 1.82) is 0 Å². The molecule has 236 valence electrons. The largest absolute Gasteiger partial charge is 0.443 e. The average Bonchev–Trinajstić information content (AvgIpc) is 3.60. The van der Waals surface area contributed by atoms with Crippen molar-refractivity contribution < 1.29 is 37.3 Å². The van der Waals surface area contributed by atoms with Crippen LogP contribution in [0.5, 0.6) is 0 Å². The van der Waals surface area contributed by atoms with E-state index in [1.54, 1.807) is 12.1 Å². The van der Waals surface area contributed by atoms with Crippen LogP contribution in [0.25, 0.3) is 0 Å². The summed E-state index contributed by atoms with van der Waals surface area (Å²) in [6.07, 6.45) is 2.63. The maximum absolute atomic E-state index is 14.1. The molecule has 2 fully saturated rings. The van der Waals surface area contributed by atoms with Gasteiger partial charge >= 0.3 is 6.09 Å². The summed E-state index contributed by atoms with van der Waals surface area (Å²) < 4.78 is 52.1. The summed E-state index contributed by atoms with van der Waals surface area (Å²) in [4.78, 5) is 13.2. The molecule has 2 aromatic carbocycles. The first-order valence-electron chi connectivity index (χ1n) is 15.2. The zero-order valence-corrected chi connectivity index (χ0v) is 25.3. The highest BCUT2D eigenvalue weighted by molar-refractivity contribution is 7.89. The molecule has 3 aliphatic rings. The molecule has 0 unspecified atom stereocenters. The van der Waals surface area contributed by atoms with Gasteiger partial charge in [-0.05, 0) is 55.0 Å². The van der Waals surface area contributed by atoms with Crippen molar-refractivity contribution in [2.75, 3.05) is 38.6 Å². The standard InChI is InChI=1S/C31H43N3O8S/c32-24-11-12-29-23(18-24)20-39-15-8-3-1-2-7-14-34(43(29,37)38)19-27(35)26(17-22-9-5-4-6-10-22)33-31(36)42-28-21-41-30-25(28)13-16-40-30/h4-6,9-12,18,25-28,30,35H,1-3,7-8,13-17,19-21,32H2,(H,33,36)/t25-,26-,27+,28-,30+/m0/s1. The second kappa shape index (κ2) is 14.8. The normalized spacial score (nSPS) is 26.1. The predicted molar refractivity (Wildman–Crippen MR) is 159 cm³/mol. The van der Waals surface area contributed by atoms with Crippen LogP contribution in [-0.2, 0) is 42.0 Å². The Morgan fingerprint density at radius 1 is 1.07 bits per heavy atom. The topological polar surface area (TPSA) is 150 Å². The van der Waals surface area contributed by atoms with Gasteiger partial charge in [0.1, 0.15) is 6.10 Å². The molecule has 0 spiro atoms. The van der Waals surface area contributed by atoms with E-state index in [9.17, 15) is 18.3 Å². The van der Waals surface area contributed by atoms with Crippen molar-refractivity contribution in [2.45, 2.75) is 81.0 Å². The summed E-state index contributed by atoms with van der Waals surface area (Å²) in [5.74, 6) is -0.0296. The Labute approximate surface area is 253 Å². The maximum atomic E-state index is 14.1. The number of anilines is 1. The number of nitrogens with two attached hydrogens (primary N) is 1. The molecule has 5 atom stereocenters. The molecule has 12 heteroatoms. The molecule has 2 saturated heterocycles. The number of alkyl carbamates (subject to hydrolysis) is 1. The van der Waals surface area contributed by atoms with E-state index in [0.717, 1.165) is 37.7 Å². The van der Waals surface area contributed by atoms with E-state index >= 15 is 0 Å². The number of nitrogens with zero attached hydrogens (tertiary/aromatic N) is 1. The zero-order valence-electron chi connectivity index (χ0n) is 24.4. The Hall–Kier alpha value is -2.74. The van der Waals surface area contributed by atoms with Crippen molar-refractivity contribution in [3.05, 3.63) is 59.7 Å². The molecule has 0 aromatic heterocycles. The van der Waals surface area contributed by atoms with E-state index < -0.39 is 34.4 Å². The molecular weight excluding hydrogens is 574 g/mol. The van der Waals surface area contributed by atoms with Crippen LogP contribution in [0, 0.1) is 5.92 Å². The van der Waals surface area contributed by atoms with Crippen LogP contribution in [-0.4, -0.2) is 81.4 Å². The third kappa shape index (κ3) is 8.25. The molecule has 3 aliphatic heterocycles. The fourth-order valence-electron chi connectivity index (χ4n) is 5.97. The third-order valence-electron chi connectivity index (χ3n) is 8.36. The van der Waals surface area contributed by atoms with Gasteiger partial charge < -0.3 is 35.1 Å². The van der Waals surface area contributed by atoms with Crippen LogP contribution in [0.4, 0.5) is 10.5 Å². The third-order valence-corrected chi connectivity index (χ3v) is 10.3. The lowest BCUT2D eigenvalue weighted by atomic mass is 10.0. The first-order chi connectivity index (χ1) is 20.8. The Kier molecular flexibility index (Phi) is 10.9. The van der Waals surface area contributed by atoms with Crippen molar-refractivity contribution in [2.24, 2.45) is 5.92 Å². The van der Waals surface area contributed by atoms with Crippen LogP contribution in [0.2, 0.25) is 0 Å². The number of carbonyl (C=O) groups excluding carboxylic acids is 1. The second-order valence-corrected chi connectivity index (χ2v) is 13.4. The summed E-state index contributed by atoms with van der Waals surface area (Å²) in [5.41, 5.74) is 7.81. The Morgan fingerprint density at radius 2 is 1.86 bits per heavy atom. The van der Waals surface area contributed by atoms with Crippen molar-refractivity contribution in [1.82, 2.24) is 9.62 Å². The number of rotatable bonds is 7. The number of nitrogens with one attached hydrogen (secondary N) is 1. The summed E-state index contributed by atoms with van der Waals surface area (Å²) in [5, 5.41) is 14.4. The minimum absolute atomic E-state index is 0.0296. The van der Waals surface area contributed by atoms with Crippen molar-refractivity contribution in [3.8, 4) is 0 Å². The molecule has 5 rings (SSSR count). The van der Waals surface area contributed by atoms with E-state index in [0.29, 0.717) is 30.9 Å². The molecule has 11 nitrogen and oxygen atoms in total. The van der Waals surface area contributed by atoms with Crippen molar-refractivity contribution >= 4 is 21.8 Å².